The summed E-state index contributed by atoms with van der Waals surface area (Å²) in [5.41, 5.74) is 1.38. The van der Waals surface area contributed by atoms with Gasteiger partial charge in [-0.2, -0.15) is 0 Å². The van der Waals surface area contributed by atoms with Crippen molar-refractivity contribution in [2.24, 2.45) is 0 Å². The van der Waals surface area contributed by atoms with E-state index in [1.165, 1.54) is 29.2 Å². The average molecular weight is 153 g/mol. The number of hydrogen-bond acceptors (Lipinski definition) is 2. The number of hydrogen-bond donors (Lipinski definition) is 1. The molecule has 1 fully saturated rings. The van der Waals surface area contributed by atoms with Crippen molar-refractivity contribution >= 4 is 11.8 Å². The van der Waals surface area contributed by atoms with Crippen molar-refractivity contribution in [3.8, 4) is 0 Å². The van der Waals surface area contributed by atoms with E-state index in [0.29, 0.717) is 0 Å². The Morgan fingerprint density at radius 3 is 3.10 bits per heavy atom. The van der Waals surface area contributed by atoms with Gasteiger partial charge in [-0.3, -0.25) is 0 Å². The second kappa shape index (κ2) is 2.70. The van der Waals surface area contributed by atoms with E-state index >= 15 is 0 Å². The normalized spacial score (nSPS) is 24.0. The topological polar surface area (TPSA) is 12.0 Å². The second-order valence-corrected chi connectivity index (χ2v) is 3.68. The molecule has 10 heavy (non-hydrogen) atoms. The maximum absolute atomic E-state index is 3.39. The molecule has 2 rings (SSSR count). The molecule has 0 radical (unpaired) electrons. The fourth-order valence-corrected chi connectivity index (χ4v) is 2.27. The van der Waals surface area contributed by atoms with Crippen molar-refractivity contribution in [3.05, 3.63) is 22.8 Å². The Kier molecular flexibility index (Phi) is 1.72. The van der Waals surface area contributed by atoms with E-state index in [1.54, 1.807) is 0 Å². The van der Waals surface area contributed by atoms with Crippen LogP contribution in [0, 0.1) is 0 Å². The van der Waals surface area contributed by atoms with Gasteiger partial charge >= 0.3 is 0 Å². The van der Waals surface area contributed by atoms with Gasteiger partial charge in [0.2, 0.25) is 0 Å². The van der Waals surface area contributed by atoms with Gasteiger partial charge in [-0.1, -0.05) is 12.2 Å². The summed E-state index contributed by atoms with van der Waals surface area (Å²) in [4.78, 5) is 1.47. The van der Waals surface area contributed by atoms with Crippen LogP contribution in [0.25, 0.3) is 0 Å². The van der Waals surface area contributed by atoms with Gasteiger partial charge in [0.1, 0.15) is 0 Å². The molecule has 2 heteroatoms. The van der Waals surface area contributed by atoms with E-state index in [9.17, 15) is 0 Å². The fraction of sp³-hybridized carbons (Fsp3) is 0.500. The van der Waals surface area contributed by atoms with Crippen molar-refractivity contribution in [1.29, 1.82) is 0 Å². The number of thioether (sulfide) groups is 1. The summed E-state index contributed by atoms with van der Waals surface area (Å²) in [6.45, 7) is 1.13. The van der Waals surface area contributed by atoms with E-state index in [1.807, 2.05) is 11.8 Å². The summed E-state index contributed by atoms with van der Waals surface area (Å²) in [7, 11) is 0. The zero-order valence-corrected chi connectivity index (χ0v) is 6.71. The van der Waals surface area contributed by atoms with Crippen LogP contribution in [-0.2, 0) is 0 Å². The van der Waals surface area contributed by atoms with E-state index in [-0.39, 0.29) is 0 Å². The first kappa shape index (κ1) is 6.35. The standard InChI is InChI=1S/C8H11NS/c1-2-4-8-7(3-1)9-5-6-10-8/h3-4,9H,1-2,5-6H2. The van der Waals surface area contributed by atoms with Crippen LogP contribution in [0.3, 0.4) is 0 Å². The minimum Gasteiger partial charge on any atom is -0.384 e. The van der Waals surface area contributed by atoms with Crippen molar-refractivity contribution in [2.75, 3.05) is 12.3 Å². The smallest absolute Gasteiger partial charge is 0.0434 e. The third kappa shape index (κ3) is 1.08. The summed E-state index contributed by atoms with van der Waals surface area (Å²) in [5.74, 6) is 1.23. The molecule has 0 saturated carbocycles. The molecule has 1 nitrogen and oxygen atoms in total. The zero-order chi connectivity index (χ0) is 6.81. The Morgan fingerprint density at radius 1 is 1.30 bits per heavy atom. The summed E-state index contributed by atoms with van der Waals surface area (Å²) in [6, 6.07) is 0. The fourth-order valence-electron chi connectivity index (χ4n) is 1.30. The molecule has 2 aliphatic rings. The molecule has 1 N–H and O–H groups in total. The molecule has 54 valence electrons. The summed E-state index contributed by atoms with van der Waals surface area (Å²) in [5, 5.41) is 3.39. The van der Waals surface area contributed by atoms with Gasteiger partial charge in [-0.15, -0.1) is 11.8 Å². The molecule has 0 atom stereocenters. The van der Waals surface area contributed by atoms with Crippen LogP contribution in [0.15, 0.2) is 22.8 Å². The first-order chi connectivity index (χ1) is 4.97. The van der Waals surface area contributed by atoms with Gasteiger partial charge in [0.25, 0.3) is 0 Å². The van der Waals surface area contributed by atoms with Gasteiger partial charge < -0.3 is 5.32 Å². The SMILES string of the molecule is C1=C2NCCSC2=CCC1. The predicted molar refractivity (Wildman–Crippen MR) is 45.9 cm³/mol. The van der Waals surface area contributed by atoms with Crippen molar-refractivity contribution in [2.45, 2.75) is 12.8 Å². The minimum absolute atomic E-state index is 1.13. The van der Waals surface area contributed by atoms with E-state index in [2.05, 4.69) is 17.5 Å². The second-order valence-electron chi connectivity index (χ2n) is 2.54. The predicted octanol–water partition coefficient (Wildman–Crippen LogP) is 1.88. The summed E-state index contributed by atoms with van der Waals surface area (Å²) in [6.07, 6.45) is 7.09. The largest absolute Gasteiger partial charge is 0.384 e. The Labute approximate surface area is 65.6 Å². The van der Waals surface area contributed by atoms with Gasteiger partial charge in [0.05, 0.1) is 0 Å². The lowest BCUT2D eigenvalue weighted by Gasteiger charge is -2.22. The number of allylic oxidation sites excluding steroid dienone is 2. The van der Waals surface area contributed by atoms with Gasteiger partial charge in [-0.25, -0.2) is 0 Å². The lowest BCUT2D eigenvalue weighted by atomic mass is 10.1. The highest BCUT2D eigenvalue weighted by atomic mass is 32.2. The molecule has 1 aliphatic carbocycles. The Bertz CT molecular complexity index is 171. The molecule has 1 aliphatic heterocycles. The molecule has 0 aromatic rings. The molecule has 0 spiro atoms. The summed E-state index contributed by atoms with van der Waals surface area (Å²) >= 11 is 1.98. The molecular formula is C8H11NS. The van der Waals surface area contributed by atoms with E-state index < -0.39 is 0 Å². The molecule has 0 bridgehead atoms. The van der Waals surface area contributed by atoms with Crippen LogP contribution in [0.4, 0.5) is 0 Å². The number of nitrogens with one attached hydrogen (secondary N) is 1. The van der Waals surface area contributed by atoms with Crippen LogP contribution < -0.4 is 5.32 Å². The molecule has 0 unspecified atom stereocenters. The number of fused-ring (bicyclic) bond motifs is 1. The molecular weight excluding hydrogens is 142 g/mol. The van der Waals surface area contributed by atoms with Crippen LogP contribution in [0.2, 0.25) is 0 Å². The Morgan fingerprint density at radius 2 is 2.20 bits per heavy atom. The van der Waals surface area contributed by atoms with Crippen molar-refractivity contribution in [3.63, 3.8) is 0 Å². The molecule has 0 amide bonds. The molecule has 1 saturated heterocycles. The Balaban J connectivity index is 2.19. The third-order valence-electron chi connectivity index (χ3n) is 1.79. The lowest BCUT2D eigenvalue weighted by molar-refractivity contribution is 0.839. The van der Waals surface area contributed by atoms with Gasteiger partial charge in [0.15, 0.2) is 0 Å². The highest BCUT2D eigenvalue weighted by molar-refractivity contribution is 8.03. The van der Waals surface area contributed by atoms with Crippen LogP contribution in [-0.4, -0.2) is 12.3 Å². The third-order valence-corrected chi connectivity index (χ3v) is 2.89. The first-order valence-electron chi connectivity index (χ1n) is 3.74. The highest BCUT2D eigenvalue weighted by Crippen LogP contribution is 2.29. The van der Waals surface area contributed by atoms with Crippen molar-refractivity contribution in [1.82, 2.24) is 5.32 Å². The number of rotatable bonds is 0. The maximum Gasteiger partial charge on any atom is 0.0434 e. The average Bonchev–Trinajstić information content (AvgIpc) is 2.05. The highest BCUT2D eigenvalue weighted by Gasteiger charge is 2.12. The lowest BCUT2D eigenvalue weighted by Crippen LogP contribution is -2.23. The zero-order valence-electron chi connectivity index (χ0n) is 5.89. The van der Waals surface area contributed by atoms with Gasteiger partial charge in [0, 0.05) is 22.9 Å². The van der Waals surface area contributed by atoms with Crippen molar-refractivity contribution < 1.29 is 0 Å². The quantitative estimate of drug-likeness (QED) is 0.570. The van der Waals surface area contributed by atoms with Crippen LogP contribution in [0.5, 0.6) is 0 Å². The molecule has 0 aromatic heterocycles. The van der Waals surface area contributed by atoms with E-state index in [4.69, 9.17) is 0 Å². The molecule has 0 aromatic carbocycles. The van der Waals surface area contributed by atoms with Crippen LogP contribution in [0.1, 0.15) is 12.8 Å². The monoisotopic (exact) mass is 153 g/mol. The van der Waals surface area contributed by atoms with Gasteiger partial charge in [-0.05, 0) is 12.8 Å². The summed E-state index contributed by atoms with van der Waals surface area (Å²) < 4.78 is 0. The molecule has 1 heterocycles. The Hall–Kier alpha value is -0.370. The van der Waals surface area contributed by atoms with E-state index in [0.717, 1.165) is 6.54 Å². The first-order valence-corrected chi connectivity index (χ1v) is 4.73. The maximum atomic E-state index is 3.39. The van der Waals surface area contributed by atoms with Crippen LogP contribution >= 0.6 is 11.8 Å². The minimum atomic E-state index is 1.13.